The number of ether oxygens (including phenoxy) is 1. The van der Waals surface area contributed by atoms with Gasteiger partial charge in [-0.25, -0.2) is 8.42 Å². The molecule has 6 nitrogen and oxygen atoms in total. The van der Waals surface area contributed by atoms with Crippen molar-refractivity contribution in [2.75, 3.05) is 45.3 Å². The molecule has 0 unspecified atom stereocenters. The molecule has 0 N–H and O–H groups in total. The van der Waals surface area contributed by atoms with E-state index in [-0.39, 0.29) is 23.5 Å². The van der Waals surface area contributed by atoms with E-state index in [0.29, 0.717) is 19.4 Å². The van der Waals surface area contributed by atoms with Gasteiger partial charge in [0, 0.05) is 32.1 Å². The van der Waals surface area contributed by atoms with Crippen molar-refractivity contribution in [3.8, 4) is 5.75 Å². The van der Waals surface area contributed by atoms with Gasteiger partial charge in [-0.05, 0) is 49.6 Å². The zero-order valence-electron chi connectivity index (χ0n) is 15.6. The summed E-state index contributed by atoms with van der Waals surface area (Å²) in [4.78, 5) is 16.6. The summed E-state index contributed by atoms with van der Waals surface area (Å²) in [6.07, 6.45) is 2.82. The van der Waals surface area contributed by atoms with Crippen LogP contribution in [0.4, 0.5) is 0 Å². The summed E-state index contributed by atoms with van der Waals surface area (Å²) in [5.74, 6) is 1.50. The molecule has 1 saturated heterocycles. The van der Waals surface area contributed by atoms with Crippen LogP contribution in [-0.2, 0) is 27.5 Å². The lowest BCUT2D eigenvalue weighted by Crippen LogP contribution is -2.38. The molecular formula is C19H28N2O4S. The predicted octanol–water partition coefficient (Wildman–Crippen LogP) is 1.13. The molecule has 0 spiro atoms. The molecule has 144 valence electrons. The molecule has 0 aliphatic carbocycles. The van der Waals surface area contributed by atoms with Gasteiger partial charge in [-0.1, -0.05) is 6.07 Å². The number of hydrogen-bond donors (Lipinski definition) is 0. The minimum absolute atomic E-state index is 0.0497. The van der Waals surface area contributed by atoms with Gasteiger partial charge in [-0.2, -0.15) is 0 Å². The number of sulfone groups is 1. The van der Waals surface area contributed by atoms with Crippen molar-refractivity contribution in [3.63, 3.8) is 0 Å². The van der Waals surface area contributed by atoms with E-state index in [1.165, 1.54) is 11.1 Å². The van der Waals surface area contributed by atoms with Crippen LogP contribution in [-0.4, -0.2) is 75.5 Å². The smallest absolute Gasteiger partial charge is 0.223 e. The average Bonchev–Trinajstić information content (AvgIpc) is 2.86. The Morgan fingerprint density at radius 2 is 2.00 bits per heavy atom. The van der Waals surface area contributed by atoms with Crippen LogP contribution in [0.2, 0.25) is 0 Å². The summed E-state index contributed by atoms with van der Waals surface area (Å²) < 4.78 is 28.5. The van der Waals surface area contributed by atoms with Gasteiger partial charge in [0.1, 0.15) is 5.75 Å². The van der Waals surface area contributed by atoms with Crippen LogP contribution in [0.5, 0.6) is 5.75 Å². The van der Waals surface area contributed by atoms with Crippen molar-refractivity contribution in [1.82, 2.24) is 9.80 Å². The second-order valence-corrected chi connectivity index (χ2v) is 9.53. The Hall–Kier alpha value is -1.60. The van der Waals surface area contributed by atoms with Crippen LogP contribution in [0.15, 0.2) is 18.2 Å². The van der Waals surface area contributed by atoms with E-state index in [4.69, 9.17) is 4.74 Å². The van der Waals surface area contributed by atoms with Crippen molar-refractivity contribution < 1.29 is 17.9 Å². The summed E-state index contributed by atoms with van der Waals surface area (Å²) in [6.45, 7) is 2.07. The van der Waals surface area contributed by atoms with Gasteiger partial charge >= 0.3 is 0 Å². The van der Waals surface area contributed by atoms with E-state index in [2.05, 4.69) is 12.1 Å². The molecule has 2 aliphatic rings. The highest BCUT2D eigenvalue weighted by atomic mass is 32.2. The number of benzene rings is 1. The summed E-state index contributed by atoms with van der Waals surface area (Å²) in [7, 11) is 0.699. The highest BCUT2D eigenvalue weighted by Gasteiger charge is 2.30. The monoisotopic (exact) mass is 380 g/mol. The number of carbonyl (C=O) groups excluding carboxylic acids is 1. The maximum atomic E-state index is 12.6. The first-order valence-electron chi connectivity index (χ1n) is 9.22. The van der Waals surface area contributed by atoms with Gasteiger partial charge in [-0.15, -0.1) is 0 Å². The zero-order valence-corrected chi connectivity index (χ0v) is 16.4. The van der Waals surface area contributed by atoms with Crippen molar-refractivity contribution in [1.29, 1.82) is 0 Å². The number of carbonyl (C=O) groups is 1. The molecule has 1 amide bonds. The second kappa shape index (κ2) is 7.96. The Bertz CT molecular complexity index is 763. The Labute approximate surface area is 156 Å². The highest BCUT2D eigenvalue weighted by Crippen LogP contribution is 2.22. The summed E-state index contributed by atoms with van der Waals surface area (Å²) in [6, 6.07) is 6.18. The number of fused-ring (bicyclic) bond motifs is 1. The van der Waals surface area contributed by atoms with E-state index >= 15 is 0 Å². The first-order chi connectivity index (χ1) is 12.4. The van der Waals surface area contributed by atoms with E-state index in [1.54, 1.807) is 7.11 Å². The maximum Gasteiger partial charge on any atom is 0.223 e. The standard InChI is InChI=1S/C19H28N2O4S/c1-20(17-8-12-26(23,24)14-17)9-7-19(22)21-10-5-15-3-4-18(25-2)13-16(15)6-11-21/h3-4,13,17H,5-12,14H2,1-2H3/t17-/m1/s1. The van der Waals surface area contributed by atoms with Crippen LogP contribution >= 0.6 is 0 Å². The third-order valence-electron chi connectivity index (χ3n) is 5.58. The van der Waals surface area contributed by atoms with Crippen LogP contribution in [0.1, 0.15) is 24.0 Å². The normalized spacial score (nSPS) is 22.1. The lowest BCUT2D eigenvalue weighted by molar-refractivity contribution is -0.131. The molecule has 0 radical (unpaired) electrons. The van der Waals surface area contributed by atoms with Crippen LogP contribution in [0.25, 0.3) is 0 Å². The van der Waals surface area contributed by atoms with Gasteiger partial charge in [0.15, 0.2) is 9.84 Å². The molecule has 2 aliphatic heterocycles. The Kier molecular flexibility index (Phi) is 5.87. The molecule has 1 aromatic rings. The highest BCUT2D eigenvalue weighted by molar-refractivity contribution is 7.91. The SMILES string of the molecule is COc1ccc2c(c1)CCN(C(=O)CCN(C)[C@@H]1CCS(=O)(=O)C1)CC2. The largest absolute Gasteiger partial charge is 0.497 e. The third kappa shape index (κ3) is 4.57. The number of amides is 1. The van der Waals surface area contributed by atoms with Crippen LogP contribution in [0, 0.1) is 0 Å². The van der Waals surface area contributed by atoms with E-state index in [9.17, 15) is 13.2 Å². The van der Waals surface area contributed by atoms with Gasteiger partial charge in [0.05, 0.1) is 18.6 Å². The predicted molar refractivity (Wildman–Crippen MR) is 101 cm³/mol. The molecule has 1 atom stereocenters. The topological polar surface area (TPSA) is 66.9 Å². The summed E-state index contributed by atoms with van der Waals surface area (Å²) in [5.41, 5.74) is 2.54. The minimum Gasteiger partial charge on any atom is -0.497 e. The van der Waals surface area contributed by atoms with Crippen molar-refractivity contribution >= 4 is 15.7 Å². The third-order valence-corrected chi connectivity index (χ3v) is 7.33. The fourth-order valence-electron chi connectivity index (χ4n) is 3.81. The number of hydrogen-bond acceptors (Lipinski definition) is 5. The van der Waals surface area contributed by atoms with Gasteiger partial charge in [0.2, 0.25) is 5.91 Å². The lowest BCUT2D eigenvalue weighted by Gasteiger charge is -2.25. The average molecular weight is 381 g/mol. The Morgan fingerprint density at radius 1 is 1.27 bits per heavy atom. The molecule has 26 heavy (non-hydrogen) atoms. The number of nitrogens with zero attached hydrogens (tertiary/aromatic N) is 2. The Morgan fingerprint density at radius 3 is 2.65 bits per heavy atom. The zero-order chi connectivity index (χ0) is 18.7. The Balaban J connectivity index is 1.51. The van der Waals surface area contributed by atoms with Crippen molar-refractivity contribution in [2.24, 2.45) is 0 Å². The molecular weight excluding hydrogens is 352 g/mol. The van der Waals surface area contributed by atoms with Crippen LogP contribution in [0.3, 0.4) is 0 Å². The molecule has 1 aromatic carbocycles. The molecule has 0 aromatic heterocycles. The fraction of sp³-hybridized carbons (Fsp3) is 0.632. The minimum atomic E-state index is -2.89. The molecule has 2 heterocycles. The van der Waals surface area contributed by atoms with Gasteiger partial charge in [0.25, 0.3) is 0 Å². The van der Waals surface area contributed by atoms with Gasteiger partial charge in [-0.3, -0.25) is 4.79 Å². The quantitative estimate of drug-likeness (QED) is 0.766. The number of rotatable bonds is 5. The molecule has 0 saturated carbocycles. The molecule has 0 bridgehead atoms. The van der Waals surface area contributed by atoms with E-state index < -0.39 is 9.84 Å². The van der Waals surface area contributed by atoms with E-state index in [0.717, 1.165) is 31.7 Å². The molecule has 1 fully saturated rings. The van der Waals surface area contributed by atoms with Crippen molar-refractivity contribution in [2.45, 2.75) is 31.7 Å². The summed E-state index contributed by atoms with van der Waals surface area (Å²) in [5, 5.41) is 0. The summed E-state index contributed by atoms with van der Waals surface area (Å²) >= 11 is 0. The number of methoxy groups -OCH3 is 1. The van der Waals surface area contributed by atoms with Crippen LogP contribution < -0.4 is 4.74 Å². The van der Waals surface area contributed by atoms with Gasteiger partial charge < -0.3 is 14.5 Å². The molecule has 3 rings (SSSR count). The van der Waals surface area contributed by atoms with E-state index in [1.807, 2.05) is 22.9 Å². The first kappa shape index (κ1) is 19.2. The maximum absolute atomic E-state index is 12.6. The first-order valence-corrected chi connectivity index (χ1v) is 11.0. The second-order valence-electron chi connectivity index (χ2n) is 7.30. The van der Waals surface area contributed by atoms with Crippen molar-refractivity contribution in [3.05, 3.63) is 29.3 Å². The fourth-order valence-corrected chi connectivity index (χ4v) is 5.62. The molecule has 7 heteroatoms. The lowest BCUT2D eigenvalue weighted by atomic mass is 10.0.